The molecule has 33 heavy (non-hydrogen) atoms. The molecule has 4 aromatic rings. The van der Waals surface area contributed by atoms with Crippen LogP contribution in [-0.2, 0) is 4.79 Å². The van der Waals surface area contributed by atoms with Crippen LogP contribution in [0.5, 0.6) is 0 Å². The zero-order valence-corrected chi connectivity index (χ0v) is 19.1. The first-order valence-electron chi connectivity index (χ1n) is 11.0. The van der Waals surface area contributed by atoms with Gasteiger partial charge in [0.05, 0.1) is 11.7 Å². The Hall–Kier alpha value is -3.46. The molecule has 0 aliphatic carbocycles. The molecule has 1 atom stereocenters. The van der Waals surface area contributed by atoms with E-state index >= 15 is 0 Å². The summed E-state index contributed by atoms with van der Waals surface area (Å²) >= 11 is 1.41. The Labute approximate surface area is 196 Å². The van der Waals surface area contributed by atoms with Crippen LogP contribution < -0.4 is 0 Å². The SMILES string of the molecule is Cc1noc(C2CCCN(C(=O)CSc3nnc(-c4ccccc4)n3-c3ccccc3)C2)n1. The second kappa shape index (κ2) is 9.58. The molecular formula is C24H24N6O2S. The van der Waals surface area contributed by atoms with Crippen molar-refractivity contribution in [2.24, 2.45) is 0 Å². The fourth-order valence-electron chi connectivity index (χ4n) is 4.05. The molecule has 5 rings (SSSR count). The van der Waals surface area contributed by atoms with E-state index in [4.69, 9.17) is 4.52 Å². The summed E-state index contributed by atoms with van der Waals surface area (Å²) in [5, 5.41) is 13.5. The molecule has 1 aliphatic heterocycles. The van der Waals surface area contributed by atoms with Crippen molar-refractivity contribution in [1.29, 1.82) is 0 Å². The Morgan fingerprint density at radius 2 is 1.85 bits per heavy atom. The van der Waals surface area contributed by atoms with Crippen molar-refractivity contribution in [3.05, 3.63) is 72.4 Å². The van der Waals surface area contributed by atoms with Gasteiger partial charge in [0.25, 0.3) is 0 Å². The lowest BCUT2D eigenvalue weighted by Crippen LogP contribution is -2.40. The van der Waals surface area contributed by atoms with Gasteiger partial charge in [0, 0.05) is 24.3 Å². The first-order valence-corrected chi connectivity index (χ1v) is 11.9. The van der Waals surface area contributed by atoms with E-state index in [9.17, 15) is 4.79 Å². The largest absolute Gasteiger partial charge is 0.341 e. The van der Waals surface area contributed by atoms with Gasteiger partial charge in [0.2, 0.25) is 11.8 Å². The molecule has 2 aromatic heterocycles. The van der Waals surface area contributed by atoms with E-state index in [1.807, 2.05) is 77.1 Å². The third-order valence-corrected chi connectivity index (χ3v) is 6.58. The van der Waals surface area contributed by atoms with Crippen LogP contribution in [0, 0.1) is 6.92 Å². The van der Waals surface area contributed by atoms with Crippen molar-refractivity contribution in [1.82, 2.24) is 29.8 Å². The molecule has 3 heterocycles. The molecule has 168 valence electrons. The van der Waals surface area contributed by atoms with Crippen LogP contribution in [-0.4, -0.2) is 54.6 Å². The molecule has 0 saturated carbocycles. The minimum atomic E-state index is 0.0739. The van der Waals surface area contributed by atoms with Crippen LogP contribution in [0.15, 0.2) is 70.3 Å². The van der Waals surface area contributed by atoms with Crippen LogP contribution in [0.4, 0.5) is 0 Å². The number of carbonyl (C=O) groups excluding carboxylic acids is 1. The maximum atomic E-state index is 13.1. The normalized spacial score (nSPS) is 16.2. The Morgan fingerprint density at radius 1 is 1.09 bits per heavy atom. The van der Waals surface area contributed by atoms with E-state index in [-0.39, 0.29) is 17.6 Å². The lowest BCUT2D eigenvalue weighted by molar-refractivity contribution is -0.129. The maximum Gasteiger partial charge on any atom is 0.233 e. The van der Waals surface area contributed by atoms with Gasteiger partial charge in [0.1, 0.15) is 0 Å². The number of nitrogens with zero attached hydrogens (tertiary/aromatic N) is 6. The molecule has 8 nitrogen and oxygen atoms in total. The molecule has 2 aromatic carbocycles. The number of thioether (sulfide) groups is 1. The van der Waals surface area contributed by atoms with Crippen LogP contribution in [0.25, 0.3) is 17.1 Å². The van der Waals surface area contributed by atoms with E-state index in [1.165, 1.54) is 11.8 Å². The summed E-state index contributed by atoms with van der Waals surface area (Å²) in [6.45, 7) is 3.15. The number of rotatable bonds is 6. The van der Waals surface area contributed by atoms with Gasteiger partial charge in [-0.2, -0.15) is 4.98 Å². The zero-order valence-electron chi connectivity index (χ0n) is 18.3. The Bertz CT molecular complexity index is 1220. The monoisotopic (exact) mass is 460 g/mol. The average Bonchev–Trinajstić information content (AvgIpc) is 3.50. The van der Waals surface area contributed by atoms with E-state index < -0.39 is 0 Å². The van der Waals surface area contributed by atoms with E-state index in [0.29, 0.717) is 23.4 Å². The first-order chi connectivity index (χ1) is 16.2. The van der Waals surface area contributed by atoms with Crippen molar-refractivity contribution in [2.75, 3.05) is 18.8 Å². The zero-order chi connectivity index (χ0) is 22.6. The van der Waals surface area contributed by atoms with E-state index in [0.717, 1.165) is 36.5 Å². The number of aryl methyl sites for hydroxylation is 1. The Kier molecular flexibility index (Phi) is 6.21. The highest BCUT2D eigenvalue weighted by atomic mass is 32.2. The number of piperidine rings is 1. The molecule has 0 N–H and O–H groups in total. The van der Waals surface area contributed by atoms with Crippen LogP contribution in [0.3, 0.4) is 0 Å². The molecule has 9 heteroatoms. The number of amides is 1. The van der Waals surface area contributed by atoms with Crippen molar-refractivity contribution < 1.29 is 9.32 Å². The Morgan fingerprint density at radius 3 is 2.58 bits per heavy atom. The van der Waals surface area contributed by atoms with Crippen molar-refractivity contribution in [2.45, 2.75) is 30.8 Å². The summed E-state index contributed by atoms with van der Waals surface area (Å²) in [4.78, 5) is 19.3. The standard InChI is InChI=1S/C24H24N6O2S/c1-17-25-23(32-28-17)19-11-8-14-29(15-19)21(31)16-33-24-27-26-22(18-9-4-2-5-10-18)30(24)20-12-6-3-7-13-20/h2-7,9-10,12-13,19H,8,11,14-16H2,1H3. The van der Waals surface area contributed by atoms with Crippen LogP contribution in [0.2, 0.25) is 0 Å². The topological polar surface area (TPSA) is 89.9 Å². The molecule has 0 radical (unpaired) electrons. The number of aromatic nitrogens is 5. The fraction of sp³-hybridized carbons (Fsp3) is 0.292. The number of para-hydroxylation sites is 1. The van der Waals surface area contributed by atoms with Crippen LogP contribution in [0.1, 0.15) is 30.5 Å². The molecule has 0 spiro atoms. The summed E-state index contributed by atoms with van der Waals surface area (Å²) < 4.78 is 7.35. The summed E-state index contributed by atoms with van der Waals surface area (Å²) in [5.41, 5.74) is 1.93. The maximum absolute atomic E-state index is 13.1. The molecule has 1 saturated heterocycles. The summed E-state index contributed by atoms with van der Waals surface area (Å²) in [5.74, 6) is 2.44. The number of hydrogen-bond acceptors (Lipinski definition) is 7. The van der Waals surface area contributed by atoms with Crippen molar-refractivity contribution in [3.8, 4) is 17.1 Å². The van der Waals surface area contributed by atoms with Crippen molar-refractivity contribution in [3.63, 3.8) is 0 Å². The van der Waals surface area contributed by atoms with Gasteiger partial charge < -0.3 is 9.42 Å². The number of carbonyl (C=O) groups is 1. The lowest BCUT2D eigenvalue weighted by Gasteiger charge is -2.31. The fourth-order valence-corrected chi connectivity index (χ4v) is 4.90. The highest BCUT2D eigenvalue weighted by molar-refractivity contribution is 7.99. The minimum Gasteiger partial charge on any atom is -0.341 e. The second-order valence-corrected chi connectivity index (χ2v) is 8.93. The number of likely N-dealkylation sites (tertiary alicyclic amines) is 1. The molecular weight excluding hydrogens is 436 g/mol. The van der Waals surface area contributed by atoms with Gasteiger partial charge in [-0.15, -0.1) is 10.2 Å². The molecule has 1 unspecified atom stereocenters. The average molecular weight is 461 g/mol. The van der Waals surface area contributed by atoms with Gasteiger partial charge in [-0.05, 0) is 31.9 Å². The number of benzene rings is 2. The molecule has 1 aliphatic rings. The minimum absolute atomic E-state index is 0.0739. The van der Waals surface area contributed by atoms with Gasteiger partial charge in [-0.3, -0.25) is 9.36 Å². The van der Waals surface area contributed by atoms with E-state index in [1.54, 1.807) is 0 Å². The van der Waals surface area contributed by atoms with Crippen LogP contribution >= 0.6 is 11.8 Å². The predicted molar refractivity (Wildman–Crippen MR) is 125 cm³/mol. The van der Waals surface area contributed by atoms with Gasteiger partial charge in [-0.25, -0.2) is 0 Å². The van der Waals surface area contributed by atoms with Gasteiger partial charge in [-0.1, -0.05) is 65.4 Å². The summed E-state index contributed by atoms with van der Waals surface area (Å²) in [6.07, 6.45) is 1.86. The number of hydrogen-bond donors (Lipinski definition) is 0. The molecule has 1 amide bonds. The molecule has 1 fully saturated rings. The smallest absolute Gasteiger partial charge is 0.233 e. The summed E-state index contributed by atoms with van der Waals surface area (Å²) in [6, 6.07) is 19.9. The Balaban J connectivity index is 1.33. The third kappa shape index (κ3) is 4.68. The first kappa shape index (κ1) is 21.4. The lowest BCUT2D eigenvalue weighted by atomic mass is 9.98. The van der Waals surface area contributed by atoms with Gasteiger partial charge >= 0.3 is 0 Å². The summed E-state index contributed by atoms with van der Waals surface area (Å²) in [7, 11) is 0. The second-order valence-electron chi connectivity index (χ2n) is 7.99. The molecule has 0 bridgehead atoms. The quantitative estimate of drug-likeness (QED) is 0.400. The van der Waals surface area contributed by atoms with Crippen molar-refractivity contribution >= 4 is 17.7 Å². The predicted octanol–water partition coefficient (Wildman–Crippen LogP) is 4.12. The van der Waals surface area contributed by atoms with Gasteiger partial charge in [0.15, 0.2) is 16.8 Å². The highest BCUT2D eigenvalue weighted by Gasteiger charge is 2.28. The van der Waals surface area contributed by atoms with E-state index in [2.05, 4.69) is 20.3 Å². The highest BCUT2D eigenvalue weighted by Crippen LogP contribution is 2.29. The third-order valence-electron chi connectivity index (χ3n) is 5.67.